The van der Waals surface area contributed by atoms with Crippen LogP contribution in [0.3, 0.4) is 0 Å². The summed E-state index contributed by atoms with van der Waals surface area (Å²) in [5.74, 6) is 2.57. The maximum absolute atomic E-state index is 12.3. The van der Waals surface area contributed by atoms with E-state index in [2.05, 4.69) is 10.6 Å². The van der Waals surface area contributed by atoms with Crippen molar-refractivity contribution in [1.82, 2.24) is 4.72 Å². The highest BCUT2D eigenvalue weighted by molar-refractivity contribution is 7.89. The zero-order chi connectivity index (χ0) is 14.5. The maximum Gasteiger partial charge on any atom is 0.241 e. The average molecular weight is 279 g/mol. The summed E-state index contributed by atoms with van der Waals surface area (Å²) in [5, 5.41) is 0. The third kappa shape index (κ3) is 3.59. The van der Waals surface area contributed by atoms with E-state index in [9.17, 15) is 8.42 Å². The molecule has 0 spiro atoms. The average Bonchev–Trinajstić information content (AvgIpc) is 2.45. The molecule has 0 aromatic heterocycles. The van der Waals surface area contributed by atoms with Gasteiger partial charge in [0.25, 0.3) is 0 Å². The predicted octanol–water partition coefficient (Wildman–Crippen LogP) is 2.72. The van der Waals surface area contributed by atoms with Gasteiger partial charge in [-0.2, -0.15) is 4.72 Å². The smallest absolute Gasteiger partial charge is 0.207 e. The summed E-state index contributed by atoms with van der Waals surface area (Å²) < 4.78 is 27.3. The fourth-order valence-corrected chi connectivity index (χ4v) is 3.32. The molecule has 104 valence electrons. The van der Waals surface area contributed by atoms with Crippen LogP contribution < -0.4 is 4.72 Å². The number of hydrogen-bond donors (Lipinski definition) is 1. The number of hydrogen-bond acceptors (Lipinski definition) is 2. The van der Waals surface area contributed by atoms with Gasteiger partial charge in [-0.3, -0.25) is 0 Å². The molecule has 1 N–H and O–H groups in total. The second-order valence-corrected chi connectivity index (χ2v) is 6.22. The number of nitrogens with one attached hydrogen (secondary N) is 1. The molecule has 1 rings (SSSR count). The molecule has 1 aromatic carbocycles. The molecule has 0 saturated carbocycles. The van der Waals surface area contributed by atoms with E-state index >= 15 is 0 Å². The first kappa shape index (κ1) is 15.7. The Balaban J connectivity index is 3.07. The monoisotopic (exact) mass is 279 g/mol. The number of aryl methyl sites for hydroxylation is 1. The molecule has 0 amide bonds. The van der Waals surface area contributed by atoms with Crippen LogP contribution in [0, 0.1) is 12.3 Å². The lowest BCUT2D eigenvalue weighted by molar-refractivity contribution is 0.451. The van der Waals surface area contributed by atoms with Crippen molar-refractivity contribution < 1.29 is 8.42 Å². The third-order valence-corrected chi connectivity index (χ3v) is 5.01. The predicted molar refractivity (Wildman–Crippen MR) is 78.3 cm³/mol. The molecular formula is C15H21NO2S. The van der Waals surface area contributed by atoms with E-state index in [1.165, 1.54) is 0 Å². The Hall–Kier alpha value is -1.31. The van der Waals surface area contributed by atoms with E-state index < -0.39 is 15.6 Å². The molecule has 19 heavy (non-hydrogen) atoms. The number of sulfonamides is 1. The molecule has 0 aliphatic rings. The van der Waals surface area contributed by atoms with Gasteiger partial charge < -0.3 is 0 Å². The van der Waals surface area contributed by atoms with Crippen molar-refractivity contribution in [3.8, 4) is 12.3 Å². The molecule has 0 atom stereocenters. The molecule has 0 unspecified atom stereocenters. The van der Waals surface area contributed by atoms with E-state index in [0.29, 0.717) is 12.8 Å². The lowest BCUT2D eigenvalue weighted by Crippen LogP contribution is -2.46. The molecule has 0 radical (unpaired) electrons. The number of rotatable bonds is 6. The van der Waals surface area contributed by atoms with Crippen molar-refractivity contribution in [3.63, 3.8) is 0 Å². The minimum Gasteiger partial charge on any atom is -0.207 e. The minimum absolute atomic E-state index is 0.256. The Morgan fingerprint density at radius 2 is 1.68 bits per heavy atom. The highest BCUT2D eigenvalue weighted by atomic mass is 32.2. The van der Waals surface area contributed by atoms with Crippen LogP contribution in [0.2, 0.25) is 0 Å². The molecule has 0 aliphatic carbocycles. The zero-order valence-electron chi connectivity index (χ0n) is 11.7. The number of benzene rings is 1. The summed E-state index contributed by atoms with van der Waals surface area (Å²) in [7, 11) is -3.57. The van der Waals surface area contributed by atoms with Crippen LogP contribution in [-0.4, -0.2) is 14.0 Å². The zero-order valence-corrected chi connectivity index (χ0v) is 12.5. The summed E-state index contributed by atoms with van der Waals surface area (Å²) in [6, 6.07) is 6.88. The SMILES string of the molecule is C#CC(CC)(CC)NS(=O)(=O)c1ccc(CC)cc1. The van der Waals surface area contributed by atoms with Gasteiger partial charge in [0.05, 0.1) is 10.4 Å². The van der Waals surface area contributed by atoms with Gasteiger partial charge in [-0.25, -0.2) is 8.42 Å². The van der Waals surface area contributed by atoms with Gasteiger partial charge in [0, 0.05) is 0 Å². The summed E-state index contributed by atoms with van der Waals surface area (Å²) in [5.41, 5.74) is 0.301. The van der Waals surface area contributed by atoms with Crippen LogP contribution in [0.15, 0.2) is 29.2 Å². The Morgan fingerprint density at radius 1 is 1.16 bits per heavy atom. The second-order valence-electron chi connectivity index (χ2n) is 4.54. The molecular weight excluding hydrogens is 258 g/mol. The van der Waals surface area contributed by atoms with E-state index in [1.54, 1.807) is 12.1 Å². The lowest BCUT2D eigenvalue weighted by atomic mass is 9.96. The molecule has 4 heteroatoms. The van der Waals surface area contributed by atoms with Gasteiger partial charge in [0.2, 0.25) is 10.0 Å². The molecule has 0 heterocycles. The first-order valence-corrected chi connectivity index (χ1v) is 8.02. The molecule has 0 aliphatic heterocycles. The maximum atomic E-state index is 12.3. The van der Waals surface area contributed by atoms with Gasteiger partial charge in [0.15, 0.2) is 0 Å². The van der Waals surface area contributed by atoms with E-state index in [1.807, 2.05) is 32.9 Å². The Morgan fingerprint density at radius 3 is 2.05 bits per heavy atom. The van der Waals surface area contributed by atoms with Crippen molar-refractivity contribution in [2.24, 2.45) is 0 Å². The topological polar surface area (TPSA) is 46.2 Å². The highest BCUT2D eigenvalue weighted by Gasteiger charge is 2.29. The molecule has 0 bridgehead atoms. The number of terminal acetylenes is 1. The molecule has 1 aromatic rings. The van der Waals surface area contributed by atoms with Crippen LogP contribution in [0.5, 0.6) is 0 Å². The summed E-state index contributed by atoms with van der Waals surface area (Å²) >= 11 is 0. The van der Waals surface area contributed by atoms with E-state index in [0.717, 1.165) is 12.0 Å². The van der Waals surface area contributed by atoms with Gasteiger partial charge in [-0.1, -0.05) is 38.8 Å². The van der Waals surface area contributed by atoms with Gasteiger partial charge in [-0.05, 0) is 37.0 Å². The minimum atomic E-state index is -3.57. The van der Waals surface area contributed by atoms with Crippen molar-refractivity contribution in [1.29, 1.82) is 0 Å². The second kappa shape index (κ2) is 6.23. The van der Waals surface area contributed by atoms with Crippen LogP contribution in [0.1, 0.15) is 39.2 Å². The Bertz CT molecular complexity index is 549. The van der Waals surface area contributed by atoms with Crippen molar-refractivity contribution in [3.05, 3.63) is 29.8 Å². The van der Waals surface area contributed by atoms with Crippen LogP contribution in [0.4, 0.5) is 0 Å². The van der Waals surface area contributed by atoms with Gasteiger partial charge >= 0.3 is 0 Å². The Kier molecular flexibility index (Phi) is 5.16. The fourth-order valence-electron chi connectivity index (χ4n) is 1.85. The Labute approximate surface area is 116 Å². The first-order valence-electron chi connectivity index (χ1n) is 6.53. The largest absolute Gasteiger partial charge is 0.241 e. The van der Waals surface area contributed by atoms with E-state index in [-0.39, 0.29) is 4.90 Å². The lowest BCUT2D eigenvalue weighted by Gasteiger charge is -2.26. The highest BCUT2D eigenvalue weighted by Crippen LogP contribution is 2.19. The molecule has 0 saturated heterocycles. The van der Waals surface area contributed by atoms with Crippen molar-refractivity contribution in [2.45, 2.75) is 50.5 Å². The van der Waals surface area contributed by atoms with Crippen LogP contribution in [0.25, 0.3) is 0 Å². The molecule has 3 nitrogen and oxygen atoms in total. The summed E-state index contributed by atoms with van der Waals surface area (Å²) in [6.07, 6.45) is 7.49. The van der Waals surface area contributed by atoms with Gasteiger partial charge in [-0.15, -0.1) is 6.42 Å². The molecule has 0 fully saturated rings. The van der Waals surface area contributed by atoms with E-state index in [4.69, 9.17) is 6.42 Å². The summed E-state index contributed by atoms with van der Waals surface area (Å²) in [4.78, 5) is 0.256. The fraction of sp³-hybridized carbons (Fsp3) is 0.467. The van der Waals surface area contributed by atoms with Crippen LogP contribution >= 0.6 is 0 Å². The summed E-state index contributed by atoms with van der Waals surface area (Å²) in [6.45, 7) is 5.79. The third-order valence-electron chi connectivity index (χ3n) is 3.46. The van der Waals surface area contributed by atoms with Crippen LogP contribution in [-0.2, 0) is 16.4 Å². The normalized spacial score (nSPS) is 12.1. The van der Waals surface area contributed by atoms with Crippen molar-refractivity contribution in [2.75, 3.05) is 0 Å². The first-order chi connectivity index (χ1) is 8.93. The standard InChI is InChI=1S/C15H21NO2S/c1-5-13-9-11-14(12-10-13)19(17,18)16-15(6-2,7-3)8-4/h2,9-12,16H,5,7-8H2,1,3-4H3. The van der Waals surface area contributed by atoms with Gasteiger partial charge in [0.1, 0.15) is 0 Å². The quantitative estimate of drug-likeness (QED) is 0.814. The van der Waals surface area contributed by atoms with Crippen molar-refractivity contribution >= 4 is 10.0 Å².